The zero-order valence-electron chi connectivity index (χ0n) is 13.3. The highest BCUT2D eigenvalue weighted by atomic mass is 16.5. The third-order valence-corrected chi connectivity index (χ3v) is 3.82. The third kappa shape index (κ3) is 5.94. The van der Waals surface area contributed by atoms with E-state index in [4.69, 9.17) is 9.47 Å². The van der Waals surface area contributed by atoms with Crippen LogP contribution in [0.4, 0.5) is 0 Å². The normalized spacial score (nSPS) is 18.7. The third-order valence-electron chi connectivity index (χ3n) is 3.82. The van der Waals surface area contributed by atoms with Gasteiger partial charge in [0.15, 0.2) is 0 Å². The van der Waals surface area contributed by atoms with E-state index in [2.05, 4.69) is 17.3 Å². The number of piperidine rings is 1. The maximum absolute atomic E-state index is 5.78. The molecule has 1 aromatic rings. The van der Waals surface area contributed by atoms with Gasteiger partial charge in [-0.05, 0) is 57.6 Å². The Morgan fingerprint density at radius 1 is 1.14 bits per heavy atom. The monoisotopic (exact) mass is 292 g/mol. The predicted octanol–water partition coefficient (Wildman–Crippen LogP) is 2.54. The van der Waals surface area contributed by atoms with Crippen LogP contribution in [0.1, 0.15) is 26.2 Å². The van der Waals surface area contributed by atoms with Crippen LogP contribution in [0.2, 0.25) is 0 Å². The second kappa shape index (κ2) is 8.90. The summed E-state index contributed by atoms with van der Waals surface area (Å²) >= 11 is 0. The molecule has 1 unspecified atom stereocenters. The number of nitrogens with one attached hydrogen (secondary N) is 1. The molecule has 118 valence electrons. The molecule has 4 heteroatoms. The standard InChI is InChI=1S/C17H28N2O2/c1-3-20-16-7-9-17(10-8-16)21-13-12-19(2)14-15-6-4-5-11-18-15/h7-10,15,18H,3-6,11-14H2,1-2H3. The van der Waals surface area contributed by atoms with Crippen LogP contribution in [-0.2, 0) is 0 Å². The fraction of sp³-hybridized carbons (Fsp3) is 0.647. The molecular formula is C17H28N2O2. The number of nitrogens with zero attached hydrogens (tertiary/aromatic N) is 1. The first-order valence-electron chi connectivity index (χ1n) is 8.05. The van der Waals surface area contributed by atoms with Crippen molar-refractivity contribution in [1.29, 1.82) is 0 Å². The van der Waals surface area contributed by atoms with Gasteiger partial charge >= 0.3 is 0 Å². The largest absolute Gasteiger partial charge is 0.494 e. The van der Waals surface area contributed by atoms with Crippen molar-refractivity contribution < 1.29 is 9.47 Å². The molecule has 1 aliphatic rings. The summed E-state index contributed by atoms with van der Waals surface area (Å²) in [6, 6.07) is 8.49. The average Bonchev–Trinajstić information content (AvgIpc) is 2.50. The lowest BCUT2D eigenvalue weighted by Crippen LogP contribution is -2.43. The zero-order chi connectivity index (χ0) is 14.9. The molecule has 0 radical (unpaired) electrons. The molecule has 1 heterocycles. The van der Waals surface area contributed by atoms with Gasteiger partial charge < -0.3 is 19.7 Å². The summed E-state index contributed by atoms with van der Waals surface area (Å²) in [6.45, 7) is 6.62. The van der Waals surface area contributed by atoms with Gasteiger partial charge in [0.25, 0.3) is 0 Å². The summed E-state index contributed by atoms with van der Waals surface area (Å²) in [5.74, 6) is 1.80. The highest BCUT2D eigenvalue weighted by Crippen LogP contribution is 2.17. The van der Waals surface area contributed by atoms with Crippen LogP contribution in [0, 0.1) is 0 Å². The minimum Gasteiger partial charge on any atom is -0.494 e. The Hall–Kier alpha value is -1.26. The molecule has 4 nitrogen and oxygen atoms in total. The van der Waals surface area contributed by atoms with E-state index in [0.29, 0.717) is 12.6 Å². The van der Waals surface area contributed by atoms with E-state index < -0.39 is 0 Å². The van der Waals surface area contributed by atoms with Crippen LogP contribution in [0.5, 0.6) is 11.5 Å². The summed E-state index contributed by atoms with van der Waals surface area (Å²) in [5, 5.41) is 3.58. The first kappa shape index (κ1) is 16.1. The van der Waals surface area contributed by atoms with Crippen molar-refractivity contribution >= 4 is 0 Å². The second-order valence-electron chi connectivity index (χ2n) is 5.66. The Kier molecular flexibility index (Phi) is 6.83. The first-order chi connectivity index (χ1) is 10.3. The van der Waals surface area contributed by atoms with Crippen LogP contribution in [0.3, 0.4) is 0 Å². The second-order valence-corrected chi connectivity index (χ2v) is 5.66. The molecule has 0 amide bonds. The topological polar surface area (TPSA) is 33.7 Å². The van der Waals surface area contributed by atoms with Crippen molar-refractivity contribution in [2.24, 2.45) is 0 Å². The quantitative estimate of drug-likeness (QED) is 0.798. The predicted molar refractivity (Wildman–Crippen MR) is 86.2 cm³/mol. The molecule has 2 rings (SSSR count). The van der Waals surface area contributed by atoms with Crippen LogP contribution in [0.25, 0.3) is 0 Å². The lowest BCUT2D eigenvalue weighted by molar-refractivity contribution is 0.211. The summed E-state index contributed by atoms with van der Waals surface area (Å²) in [5.41, 5.74) is 0. The van der Waals surface area contributed by atoms with Gasteiger partial charge in [-0.1, -0.05) is 6.42 Å². The Morgan fingerprint density at radius 2 is 1.86 bits per heavy atom. The van der Waals surface area contributed by atoms with E-state index in [0.717, 1.165) is 31.2 Å². The molecule has 0 spiro atoms. The number of likely N-dealkylation sites (N-methyl/N-ethyl adjacent to an activating group) is 1. The van der Waals surface area contributed by atoms with Crippen molar-refractivity contribution in [2.75, 3.05) is 39.9 Å². The van der Waals surface area contributed by atoms with Crippen LogP contribution < -0.4 is 14.8 Å². The maximum Gasteiger partial charge on any atom is 0.119 e. The summed E-state index contributed by atoms with van der Waals surface area (Å²) < 4.78 is 11.2. The Labute approximate surface area is 128 Å². The van der Waals surface area contributed by atoms with Gasteiger partial charge in [0, 0.05) is 19.1 Å². The molecule has 1 N–H and O–H groups in total. The minimum absolute atomic E-state index is 0.647. The van der Waals surface area contributed by atoms with Crippen molar-refractivity contribution in [3.05, 3.63) is 24.3 Å². The molecular weight excluding hydrogens is 264 g/mol. The Bertz CT molecular complexity index is 388. The van der Waals surface area contributed by atoms with Gasteiger partial charge in [-0.15, -0.1) is 0 Å². The number of rotatable bonds is 8. The number of ether oxygens (including phenoxy) is 2. The van der Waals surface area contributed by atoms with Crippen LogP contribution >= 0.6 is 0 Å². The molecule has 21 heavy (non-hydrogen) atoms. The maximum atomic E-state index is 5.78. The molecule has 0 saturated carbocycles. The lowest BCUT2D eigenvalue weighted by atomic mass is 10.0. The Morgan fingerprint density at radius 3 is 2.48 bits per heavy atom. The SMILES string of the molecule is CCOc1ccc(OCCN(C)CC2CCCCN2)cc1. The average molecular weight is 292 g/mol. The smallest absolute Gasteiger partial charge is 0.119 e. The minimum atomic E-state index is 0.647. The van der Waals surface area contributed by atoms with Gasteiger partial charge in [-0.2, -0.15) is 0 Å². The fourth-order valence-electron chi connectivity index (χ4n) is 2.67. The molecule has 0 aliphatic carbocycles. The lowest BCUT2D eigenvalue weighted by Gasteiger charge is -2.28. The van der Waals surface area contributed by atoms with Crippen LogP contribution in [0.15, 0.2) is 24.3 Å². The van der Waals surface area contributed by atoms with Gasteiger partial charge in [-0.25, -0.2) is 0 Å². The van der Waals surface area contributed by atoms with E-state index in [1.54, 1.807) is 0 Å². The summed E-state index contributed by atoms with van der Waals surface area (Å²) in [6.07, 6.45) is 3.97. The van der Waals surface area contributed by atoms with Gasteiger partial charge in [0.05, 0.1) is 6.61 Å². The van der Waals surface area contributed by atoms with E-state index in [1.165, 1.54) is 25.8 Å². The zero-order valence-corrected chi connectivity index (χ0v) is 13.3. The van der Waals surface area contributed by atoms with E-state index >= 15 is 0 Å². The van der Waals surface area contributed by atoms with Gasteiger partial charge in [0.2, 0.25) is 0 Å². The number of hydrogen-bond donors (Lipinski definition) is 1. The van der Waals surface area contributed by atoms with Crippen LogP contribution in [-0.4, -0.2) is 50.8 Å². The molecule has 0 aromatic heterocycles. The fourth-order valence-corrected chi connectivity index (χ4v) is 2.67. The van der Waals surface area contributed by atoms with Gasteiger partial charge in [0.1, 0.15) is 18.1 Å². The van der Waals surface area contributed by atoms with E-state index in [1.807, 2.05) is 31.2 Å². The molecule has 0 bridgehead atoms. The summed E-state index contributed by atoms with van der Waals surface area (Å²) in [7, 11) is 2.16. The number of benzene rings is 1. The first-order valence-corrected chi connectivity index (χ1v) is 8.05. The Balaban J connectivity index is 1.63. The van der Waals surface area contributed by atoms with Crippen molar-refractivity contribution in [1.82, 2.24) is 10.2 Å². The molecule has 1 aliphatic heterocycles. The highest BCUT2D eigenvalue weighted by Gasteiger charge is 2.14. The van der Waals surface area contributed by atoms with E-state index in [9.17, 15) is 0 Å². The molecule has 1 atom stereocenters. The summed E-state index contributed by atoms with van der Waals surface area (Å²) in [4.78, 5) is 2.34. The molecule has 1 fully saturated rings. The van der Waals surface area contributed by atoms with Crippen molar-refractivity contribution in [2.45, 2.75) is 32.2 Å². The molecule has 1 saturated heterocycles. The number of hydrogen-bond acceptors (Lipinski definition) is 4. The molecule has 1 aromatic carbocycles. The van der Waals surface area contributed by atoms with Crippen molar-refractivity contribution in [3.63, 3.8) is 0 Å². The van der Waals surface area contributed by atoms with Gasteiger partial charge in [-0.3, -0.25) is 0 Å². The highest BCUT2D eigenvalue weighted by molar-refractivity contribution is 5.31. The van der Waals surface area contributed by atoms with Crippen molar-refractivity contribution in [3.8, 4) is 11.5 Å². The van der Waals surface area contributed by atoms with E-state index in [-0.39, 0.29) is 0 Å².